The zero-order chi connectivity index (χ0) is 16.7. The third kappa shape index (κ3) is 5.40. The monoisotopic (exact) mass is 374 g/mol. The maximum absolute atomic E-state index is 12.0. The van der Waals surface area contributed by atoms with Crippen LogP contribution in [0.3, 0.4) is 0 Å². The predicted molar refractivity (Wildman–Crippen MR) is 82.9 cm³/mol. The van der Waals surface area contributed by atoms with Gasteiger partial charge in [0.05, 0.1) is 6.61 Å². The van der Waals surface area contributed by atoms with Crippen molar-refractivity contribution in [1.29, 1.82) is 0 Å². The van der Waals surface area contributed by atoms with Crippen molar-refractivity contribution in [3.8, 4) is 0 Å². The number of aromatic nitrogens is 1. The van der Waals surface area contributed by atoms with Crippen LogP contribution in [0.1, 0.15) is 31.3 Å². The van der Waals surface area contributed by atoms with E-state index < -0.39 is 23.9 Å². The van der Waals surface area contributed by atoms with Crippen LogP contribution < -0.4 is 16.2 Å². The van der Waals surface area contributed by atoms with Gasteiger partial charge in [0.1, 0.15) is 11.7 Å². The number of hydrogen-bond acceptors (Lipinski definition) is 4. The highest BCUT2D eigenvalue weighted by atomic mass is 79.9. The number of rotatable bonds is 5. The van der Waals surface area contributed by atoms with Crippen LogP contribution in [0.25, 0.3) is 0 Å². The number of amides is 3. The highest BCUT2D eigenvalue weighted by molar-refractivity contribution is 9.10. The third-order valence-electron chi connectivity index (χ3n) is 2.69. The molecule has 1 unspecified atom stereocenters. The van der Waals surface area contributed by atoms with E-state index in [1.165, 1.54) is 0 Å². The summed E-state index contributed by atoms with van der Waals surface area (Å²) in [6, 6.07) is 0.743. The van der Waals surface area contributed by atoms with Crippen molar-refractivity contribution in [1.82, 2.24) is 21.2 Å². The van der Waals surface area contributed by atoms with Gasteiger partial charge >= 0.3 is 6.09 Å². The highest BCUT2D eigenvalue weighted by Gasteiger charge is 2.25. The van der Waals surface area contributed by atoms with Gasteiger partial charge in [-0.3, -0.25) is 20.4 Å². The van der Waals surface area contributed by atoms with Gasteiger partial charge in [0, 0.05) is 10.7 Å². The lowest BCUT2D eigenvalue weighted by atomic mass is 10.0. The standard InChI is InChI=1S/C13H19BrN4O4/c1-4-22-13(21)16-10(7(2)3)12(20)18-17-11(19)9-5-8(14)6-15-9/h5-7,10,15H,4H2,1-3H3,(H,16,21)(H,17,19)(H,18,20). The number of nitrogens with one attached hydrogen (secondary N) is 4. The van der Waals surface area contributed by atoms with Gasteiger partial charge in [0.25, 0.3) is 11.8 Å². The van der Waals surface area contributed by atoms with Crippen LogP contribution in [0.15, 0.2) is 16.7 Å². The molecular formula is C13H19BrN4O4. The lowest BCUT2D eigenvalue weighted by Crippen LogP contribution is -2.54. The van der Waals surface area contributed by atoms with Gasteiger partial charge in [-0.2, -0.15) is 0 Å². The van der Waals surface area contributed by atoms with E-state index in [1.807, 2.05) is 0 Å². The predicted octanol–water partition coefficient (Wildman–Crippen LogP) is 1.31. The summed E-state index contributed by atoms with van der Waals surface area (Å²) in [7, 11) is 0. The van der Waals surface area contributed by atoms with Crippen LogP contribution in [-0.4, -0.2) is 35.5 Å². The summed E-state index contributed by atoms with van der Waals surface area (Å²) in [5.74, 6) is -1.22. The van der Waals surface area contributed by atoms with Crippen molar-refractivity contribution in [3.63, 3.8) is 0 Å². The summed E-state index contributed by atoms with van der Waals surface area (Å²) in [6.07, 6.45) is 0.909. The van der Waals surface area contributed by atoms with Crippen LogP contribution >= 0.6 is 15.9 Å². The molecular weight excluding hydrogens is 356 g/mol. The molecule has 9 heteroatoms. The number of carbonyl (C=O) groups is 3. The van der Waals surface area contributed by atoms with Crippen molar-refractivity contribution >= 4 is 33.8 Å². The van der Waals surface area contributed by atoms with E-state index in [0.717, 1.165) is 0 Å². The first kappa shape index (κ1) is 18.0. The molecule has 1 heterocycles. The molecule has 0 aliphatic rings. The van der Waals surface area contributed by atoms with Crippen LogP contribution in [0.5, 0.6) is 0 Å². The number of alkyl carbamates (subject to hydrolysis) is 1. The van der Waals surface area contributed by atoms with Crippen molar-refractivity contribution in [2.24, 2.45) is 5.92 Å². The first-order chi connectivity index (χ1) is 10.3. The summed E-state index contributed by atoms with van der Waals surface area (Å²) in [5.41, 5.74) is 4.83. The van der Waals surface area contributed by atoms with Gasteiger partial charge in [-0.05, 0) is 34.8 Å². The van der Waals surface area contributed by atoms with Crippen LogP contribution in [0, 0.1) is 5.92 Å². The molecule has 0 bridgehead atoms. The molecule has 1 rings (SSSR count). The highest BCUT2D eigenvalue weighted by Crippen LogP contribution is 2.10. The molecule has 1 aromatic rings. The third-order valence-corrected chi connectivity index (χ3v) is 3.15. The lowest BCUT2D eigenvalue weighted by molar-refractivity contribution is -0.124. The maximum atomic E-state index is 12.0. The molecule has 3 amide bonds. The average molecular weight is 375 g/mol. The lowest BCUT2D eigenvalue weighted by Gasteiger charge is -2.21. The molecule has 8 nitrogen and oxygen atoms in total. The summed E-state index contributed by atoms with van der Waals surface area (Å²) in [5, 5.41) is 2.44. The van der Waals surface area contributed by atoms with Gasteiger partial charge in [0.2, 0.25) is 0 Å². The number of ether oxygens (including phenoxy) is 1. The molecule has 122 valence electrons. The zero-order valence-corrected chi connectivity index (χ0v) is 14.1. The number of hydrazine groups is 1. The molecule has 4 N–H and O–H groups in total. The minimum atomic E-state index is -0.824. The van der Waals surface area contributed by atoms with E-state index in [0.29, 0.717) is 4.47 Å². The normalized spacial score (nSPS) is 11.7. The number of H-pyrrole nitrogens is 1. The Bertz CT molecular complexity index is 544. The second kappa shape index (κ2) is 8.42. The SMILES string of the molecule is CCOC(=O)NC(C(=O)NNC(=O)c1cc(Br)c[nH]1)C(C)C. The van der Waals surface area contributed by atoms with Crippen molar-refractivity contribution < 1.29 is 19.1 Å². The Hall–Kier alpha value is -2.03. The average Bonchev–Trinajstić information content (AvgIpc) is 2.88. The molecule has 1 aromatic heterocycles. The Morgan fingerprint density at radius 3 is 2.50 bits per heavy atom. The Kier molecular flexibility index (Phi) is 6.90. The van der Waals surface area contributed by atoms with Gasteiger partial charge in [-0.25, -0.2) is 4.79 Å². The van der Waals surface area contributed by atoms with E-state index in [9.17, 15) is 14.4 Å². The van der Waals surface area contributed by atoms with E-state index in [2.05, 4.69) is 37.1 Å². The van der Waals surface area contributed by atoms with Crippen LogP contribution in [0.2, 0.25) is 0 Å². The first-order valence-corrected chi connectivity index (χ1v) is 7.51. The molecule has 22 heavy (non-hydrogen) atoms. The summed E-state index contributed by atoms with van der Waals surface area (Å²) in [6.45, 7) is 5.40. The minimum Gasteiger partial charge on any atom is -0.450 e. The largest absolute Gasteiger partial charge is 0.450 e. The number of carbonyl (C=O) groups excluding carboxylic acids is 3. The fraction of sp³-hybridized carbons (Fsp3) is 0.462. The Morgan fingerprint density at radius 1 is 1.32 bits per heavy atom. The van der Waals surface area contributed by atoms with E-state index in [1.54, 1.807) is 33.0 Å². The van der Waals surface area contributed by atoms with E-state index >= 15 is 0 Å². The quantitative estimate of drug-likeness (QED) is 0.582. The molecule has 0 aliphatic heterocycles. The topological polar surface area (TPSA) is 112 Å². The van der Waals surface area contributed by atoms with Crippen molar-refractivity contribution in [2.75, 3.05) is 6.61 Å². The molecule has 0 aromatic carbocycles. The molecule has 0 spiro atoms. The summed E-state index contributed by atoms with van der Waals surface area (Å²) >= 11 is 3.20. The molecule has 0 radical (unpaired) electrons. The second-order valence-electron chi connectivity index (χ2n) is 4.76. The number of hydrogen-bond donors (Lipinski definition) is 4. The molecule has 0 aliphatic carbocycles. The molecule has 0 fully saturated rings. The smallest absolute Gasteiger partial charge is 0.407 e. The minimum absolute atomic E-state index is 0.180. The van der Waals surface area contributed by atoms with Gasteiger partial charge in [-0.15, -0.1) is 0 Å². The Balaban J connectivity index is 2.56. The molecule has 1 atom stereocenters. The number of halogens is 1. The Labute approximate surface area is 136 Å². The second-order valence-corrected chi connectivity index (χ2v) is 5.68. The van der Waals surface area contributed by atoms with Crippen LogP contribution in [0.4, 0.5) is 4.79 Å². The molecule has 0 saturated carbocycles. The van der Waals surface area contributed by atoms with Crippen LogP contribution in [-0.2, 0) is 9.53 Å². The number of aromatic amines is 1. The summed E-state index contributed by atoms with van der Waals surface area (Å²) in [4.78, 5) is 38.0. The fourth-order valence-electron chi connectivity index (χ4n) is 1.60. The Morgan fingerprint density at radius 2 is 2.00 bits per heavy atom. The van der Waals surface area contributed by atoms with E-state index in [-0.39, 0.29) is 18.2 Å². The van der Waals surface area contributed by atoms with Gasteiger partial charge in [-0.1, -0.05) is 13.8 Å². The van der Waals surface area contributed by atoms with E-state index in [4.69, 9.17) is 4.74 Å². The zero-order valence-electron chi connectivity index (χ0n) is 12.5. The van der Waals surface area contributed by atoms with Gasteiger partial charge < -0.3 is 15.0 Å². The van der Waals surface area contributed by atoms with Gasteiger partial charge in [0.15, 0.2) is 0 Å². The van der Waals surface area contributed by atoms with Crippen molar-refractivity contribution in [2.45, 2.75) is 26.8 Å². The summed E-state index contributed by atoms with van der Waals surface area (Å²) < 4.78 is 5.46. The first-order valence-electron chi connectivity index (χ1n) is 6.72. The van der Waals surface area contributed by atoms with Crippen molar-refractivity contribution in [3.05, 3.63) is 22.4 Å². The fourth-order valence-corrected chi connectivity index (χ4v) is 1.94. The maximum Gasteiger partial charge on any atom is 0.407 e. The molecule has 0 saturated heterocycles.